The minimum atomic E-state index is 0.435. The van der Waals surface area contributed by atoms with Crippen LogP contribution in [0.4, 0.5) is 0 Å². The van der Waals surface area contributed by atoms with Gasteiger partial charge in [-0.2, -0.15) is 0 Å². The Hall–Kier alpha value is -0.960. The predicted molar refractivity (Wildman–Crippen MR) is 72.0 cm³/mol. The normalized spacial score (nSPS) is 30.3. The molecular weight excluding hydrogens is 192 g/mol. The molecule has 0 heteroatoms. The molecule has 1 fully saturated rings. The molecule has 0 aliphatic heterocycles. The van der Waals surface area contributed by atoms with Crippen LogP contribution in [0.25, 0.3) is 0 Å². The van der Waals surface area contributed by atoms with Gasteiger partial charge in [-0.25, -0.2) is 0 Å². The summed E-state index contributed by atoms with van der Waals surface area (Å²) in [4.78, 5) is 0. The van der Waals surface area contributed by atoms with E-state index in [1.54, 1.807) is 0 Å². The monoisotopic (exact) mass is 216 g/mol. The van der Waals surface area contributed by atoms with Crippen LogP contribution >= 0.6 is 0 Å². The summed E-state index contributed by atoms with van der Waals surface area (Å²) in [5.41, 5.74) is 1.61. The molecule has 1 aliphatic carbocycles. The Bertz CT molecular complexity index is 322. The van der Waals surface area contributed by atoms with Gasteiger partial charge in [0.1, 0.15) is 0 Å². The maximum atomic E-state index is 5.26. The van der Waals surface area contributed by atoms with Crippen molar-refractivity contribution in [3.63, 3.8) is 0 Å². The van der Waals surface area contributed by atoms with Crippen molar-refractivity contribution in [1.82, 2.24) is 0 Å². The molecule has 0 aromatic carbocycles. The smallest absolute Gasteiger partial charge is 0.00924 e. The van der Waals surface area contributed by atoms with Gasteiger partial charge in [-0.05, 0) is 42.2 Å². The number of terminal acetylenes is 1. The zero-order valence-corrected chi connectivity index (χ0v) is 11.1. The second kappa shape index (κ2) is 5.39. The summed E-state index contributed by atoms with van der Waals surface area (Å²) in [6.45, 7) is 9.21. The molecule has 88 valence electrons. The van der Waals surface area contributed by atoms with Gasteiger partial charge in [0.05, 0.1) is 0 Å². The summed E-state index contributed by atoms with van der Waals surface area (Å²) in [5.74, 6) is 4.05. The van der Waals surface area contributed by atoms with Crippen LogP contribution in [-0.4, -0.2) is 0 Å². The first-order chi connectivity index (χ1) is 7.47. The van der Waals surface area contributed by atoms with Crippen molar-refractivity contribution in [3.8, 4) is 12.3 Å². The van der Waals surface area contributed by atoms with Gasteiger partial charge < -0.3 is 0 Å². The van der Waals surface area contributed by atoms with Gasteiger partial charge >= 0.3 is 0 Å². The highest BCUT2D eigenvalue weighted by molar-refractivity contribution is 5.25. The van der Waals surface area contributed by atoms with Crippen LogP contribution < -0.4 is 0 Å². The SMILES string of the molecule is C#C/C=C(C)/C=C/[C@H]1[C@H](C)CCCC1(C)C. The quantitative estimate of drug-likeness (QED) is 0.468. The maximum Gasteiger partial charge on any atom is -0.00924 e. The average molecular weight is 216 g/mol. The third-order valence-corrected chi connectivity index (χ3v) is 3.87. The molecule has 1 aliphatic rings. The summed E-state index contributed by atoms with van der Waals surface area (Å²) >= 11 is 0. The molecule has 0 aromatic rings. The molecule has 16 heavy (non-hydrogen) atoms. The number of hydrogen-bond donors (Lipinski definition) is 0. The van der Waals surface area contributed by atoms with Gasteiger partial charge in [-0.3, -0.25) is 0 Å². The number of hydrogen-bond acceptors (Lipinski definition) is 0. The topological polar surface area (TPSA) is 0 Å². The van der Waals surface area contributed by atoms with E-state index >= 15 is 0 Å². The van der Waals surface area contributed by atoms with Gasteiger partial charge in [0.15, 0.2) is 0 Å². The average Bonchev–Trinajstić information content (AvgIpc) is 2.16. The second-order valence-corrected chi connectivity index (χ2v) is 5.80. The van der Waals surface area contributed by atoms with E-state index in [4.69, 9.17) is 6.42 Å². The molecule has 0 N–H and O–H groups in total. The molecular formula is C16H24. The van der Waals surface area contributed by atoms with E-state index < -0.39 is 0 Å². The first-order valence-corrected chi connectivity index (χ1v) is 6.28. The Morgan fingerprint density at radius 1 is 1.44 bits per heavy atom. The van der Waals surface area contributed by atoms with Gasteiger partial charge in [-0.15, -0.1) is 6.42 Å². The minimum Gasteiger partial charge on any atom is -0.115 e. The first kappa shape index (κ1) is 13.1. The summed E-state index contributed by atoms with van der Waals surface area (Å²) in [5, 5.41) is 0. The van der Waals surface area contributed by atoms with Crippen LogP contribution in [0.15, 0.2) is 23.8 Å². The molecule has 1 saturated carbocycles. The highest BCUT2D eigenvalue weighted by atomic mass is 14.4. The van der Waals surface area contributed by atoms with E-state index in [2.05, 4.69) is 45.8 Å². The maximum absolute atomic E-state index is 5.26. The van der Waals surface area contributed by atoms with Crippen LogP contribution in [0, 0.1) is 29.6 Å². The Labute approximate surface area is 101 Å². The first-order valence-electron chi connectivity index (χ1n) is 6.28. The molecule has 1 rings (SSSR count). The molecule has 0 heterocycles. The van der Waals surface area contributed by atoms with E-state index in [9.17, 15) is 0 Å². The lowest BCUT2D eigenvalue weighted by Crippen LogP contribution is -2.32. The molecule has 0 amide bonds. The Morgan fingerprint density at radius 2 is 2.12 bits per heavy atom. The molecule has 0 saturated heterocycles. The highest BCUT2D eigenvalue weighted by Gasteiger charge is 2.34. The van der Waals surface area contributed by atoms with Crippen molar-refractivity contribution in [1.29, 1.82) is 0 Å². The van der Waals surface area contributed by atoms with Crippen molar-refractivity contribution in [3.05, 3.63) is 23.8 Å². The Balaban J connectivity index is 2.77. The lowest BCUT2D eigenvalue weighted by atomic mass is 9.64. The van der Waals surface area contributed by atoms with Crippen LogP contribution in [0.5, 0.6) is 0 Å². The molecule has 0 aromatic heterocycles. The number of allylic oxidation sites excluding steroid dienone is 4. The van der Waals surface area contributed by atoms with Crippen molar-refractivity contribution in [2.45, 2.75) is 47.0 Å². The molecule has 2 atom stereocenters. The lowest BCUT2D eigenvalue weighted by Gasteiger charge is -2.41. The zero-order valence-electron chi connectivity index (χ0n) is 11.1. The van der Waals surface area contributed by atoms with Crippen molar-refractivity contribution in [2.24, 2.45) is 17.3 Å². The van der Waals surface area contributed by atoms with Crippen molar-refractivity contribution < 1.29 is 0 Å². The molecule has 0 nitrogen and oxygen atoms in total. The lowest BCUT2D eigenvalue weighted by molar-refractivity contribution is 0.123. The van der Waals surface area contributed by atoms with E-state index in [1.807, 2.05) is 6.08 Å². The van der Waals surface area contributed by atoms with Crippen LogP contribution in [-0.2, 0) is 0 Å². The van der Waals surface area contributed by atoms with Crippen molar-refractivity contribution in [2.75, 3.05) is 0 Å². The fourth-order valence-corrected chi connectivity index (χ4v) is 2.88. The molecule has 0 radical (unpaired) electrons. The van der Waals surface area contributed by atoms with E-state index in [0.717, 1.165) is 5.92 Å². The van der Waals surface area contributed by atoms with Gasteiger partial charge in [0, 0.05) is 0 Å². The molecule has 0 spiro atoms. The van der Waals surface area contributed by atoms with Crippen molar-refractivity contribution >= 4 is 0 Å². The zero-order chi connectivity index (χ0) is 12.2. The summed E-state index contributed by atoms with van der Waals surface area (Å²) in [6.07, 6.45) is 15.7. The Morgan fingerprint density at radius 3 is 2.69 bits per heavy atom. The third kappa shape index (κ3) is 3.27. The fraction of sp³-hybridized carbons (Fsp3) is 0.625. The van der Waals surface area contributed by atoms with Gasteiger partial charge in [-0.1, -0.05) is 51.7 Å². The minimum absolute atomic E-state index is 0.435. The van der Waals surface area contributed by atoms with E-state index in [-0.39, 0.29) is 0 Å². The van der Waals surface area contributed by atoms with Gasteiger partial charge in [0.2, 0.25) is 0 Å². The fourth-order valence-electron chi connectivity index (χ4n) is 2.88. The number of rotatable bonds is 2. The summed E-state index contributed by atoms with van der Waals surface area (Å²) in [6, 6.07) is 0. The van der Waals surface area contributed by atoms with Crippen LogP contribution in [0.3, 0.4) is 0 Å². The molecule has 0 bridgehead atoms. The summed E-state index contributed by atoms with van der Waals surface area (Å²) in [7, 11) is 0. The van der Waals surface area contributed by atoms with Crippen LogP contribution in [0.2, 0.25) is 0 Å². The highest BCUT2D eigenvalue weighted by Crippen LogP contribution is 2.44. The third-order valence-electron chi connectivity index (χ3n) is 3.87. The molecule has 0 unspecified atom stereocenters. The second-order valence-electron chi connectivity index (χ2n) is 5.80. The summed E-state index contributed by atoms with van der Waals surface area (Å²) < 4.78 is 0. The van der Waals surface area contributed by atoms with E-state index in [1.165, 1.54) is 24.8 Å². The largest absolute Gasteiger partial charge is 0.115 e. The Kier molecular flexibility index (Phi) is 4.42. The van der Waals surface area contributed by atoms with Crippen LogP contribution in [0.1, 0.15) is 47.0 Å². The standard InChI is InChI=1S/C16H24/c1-6-8-13(2)10-11-15-14(3)9-7-12-16(15,4)5/h1,8,10-11,14-15H,7,9,12H2,2-5H3/b11-10+,13-8+/t14-,15+/m1/s1. The van der Waals surface area contributed by atoms with E-state index in [0.29, 0.717) is 11.3 Å². The van der Waals surface area contributed by atoms with Gasteiger partial charge in [0.25, 0.3) is 0 Å². The predicted octanol–water partition coefficient (Wildman–Crippen LogP) is 4.58.